The van der Waals surface area contributed by atoms with E-state index in [0.29, 0.717) is 25.3 Å². The molecule has 1 saturated carbocycles. The van der Waals surface area contributed by atoms with E-state index in [9.17, 15) is 9.59 Å². The van der Waals surface area contributed by atoms with Gasteiger partial charge in [0.2, 0.25) is 0 Å². The quantitative estimate of drug-likeness (QED) is 0.799. The van der Waals surface area contributed by atoms with Gasteiger partial charge in [-0.2, -0.15) is 0 Å². The molecule has 5 nitrogen and oxygen atoms in total. The Labute approximate surface area is 124 Å². The summed E-state index contributed by atoms with van der Waals surface area (Å²) in [5.74, 6) is -0.211. The lowest BCUT2D eigenvalue weighted by atomic mass is 9.82. The Bertz CT molecular complexity index is 546. The van der Waals surface area contributed by atoms with Gasteiger partial charge in [-0.15, -0.1) is 0 Å². The summed E-state index contributed by atoms with van der Waals surface area (Å²) in [7, 11) is 0. The third kappa shape index (κ3) is 2.20. The van der Waals surface area contributed by atoms with Crippen LogP contribution in [0.3, 0.4) is 0 Å². The van der Waals surface area contributed by atoms with E-state index in [1.165, 1.54) is 0 Å². The smallest absolute Gasteiger partial charge is 0.314 e. The number of rotatable bonds is 3. The first-order valence-corrected chi connectivity index (χ1v) is 7.58. The fourth-order valence-corrected chi connectivity index (χ4v) is 3.77. The summed E-state index contributed by atoms with van der Waals surface area (Å²) < 4.78 is 5.27. The Kier molecular flexibility index (Phi) is 3.66. The van der Waals surface area contributed by atoms with Crippen LogP contribution in [-0.2, 0) is 9.53 Å². The zero-order valence-electron chi connectivity index (χ0n) is 12.2. The maximum atomic E-state index is 12.6. The molecule has 2 fully saturated rings. The van der Waals surface area contributed by atoms with Crippen molar-refractivity contribution in [3.63, 3.8) is 0 Å². The Morgan fingerprint density at radius 2 is 2.29 bits per heavy atom. The largest absolute Gasteiger partial charge is 0.466 e. The Hall–Kier alpha value is -1.91. The lowest BCUT2D eigenvalue weighted by Crippen LogP contribution is -2.44. The average Bonchev–Trinajstić information content (AvgIpc) is 3.07. The Morgan fingerprint density at radius 1 is 1.43 bits per heavy atom. The van der Waals surface area contributed by atoms with Gasteiger partial charge in [-0.3, -0.25) is 14.6 Å². The number of aromatic nitrogens is 1. The number of hydrogen-bond donors (Lipinski definition) is 0. The Morgan fingerprint density at radius 3 is 3.00 bits per heavy atom. The minimum atomic E-state index is -0.486. The van der Waals surface area contributed by atoms with E-state index in [4.69, 9.17) is 4.74 Å². The molecule has 1 amide bonds. The first kappa shape index (κ1) is 14.0. The molecule has 112 valence electrons. The van der Waals surface area contributed by atoms with Crippen molar-refractivity contribution in [3.8, 4) is 0 Å². The maximum Gasteiger partial charge on any atom is 0.314 e. The maximum absolute atomic E-state index is 12.6. The number of pyridine rings is 1. The van der Waals surface area contributed by atoms with Gasteiger partial charge >= 0.3 is 5.97 Å². The lowest BCUT2D eigenvalue weighted by Gasteiger charge is -2.30. The van der Waals surface area contributed by atoms with Crippen molar-refractivity contribution in [2.75, 3.05) is 13.2 Å². The van der Waals surface area contributed by atoms with Gasteiger partial charge in [-0.25, -0.2) is 0 Å². The number of ether oxygens (including phenoxy) is 1. The van der Waals surface area contributed by atoms with Crippen LogP contribution in [0.1, 0.15) is 43.1 Å². The molecule has 2 aliphatic rings. The van der Waals surface area contributed by atoms with Crippen molar-refractivity contribution in [1.29, 1.82) is 0 Å². The van der Waals surface area contributed by atoms with Gasteiger partial charge < -0.3 is 9.64 Å². The highest BCUT2D eigenvalue weighted by molar-refractivity contribution is 5.94. The second kappa shape index (κ2) is 5.47. The molecule has 0 radical (unpaired) electrons. The van der Waals surface area contributed by atoms with Crippen LogP contribution in [0, 0.1) is 5.41 Å². The zero-order chi connectivity index (χ0) is 14.9. The predicted octanol–water partition coefficient (Wildman–Crippen LogP) is 2.03. The SMILES string of the molecule is CCOC(=O)[C@@]12CCCC1N(C(=O)c1ccccn1)CC2. The molecule has 1 aromatic heterocycles. The van der Waals surface area contributed by atoms with Crippen molar-refractivity contribution < 1.29 is 14.3 Å². The van der Waals surface area contributed by atoms with Crippen LogP contribution >= 0.6 is 0 Å². The van der Waals surface area contributed by atoms with Crippen LogP contribution in [0.25, 0.3) is 0 Å². The van der Waals surface area contributed by atoms with Crippen molar-refractivity contribution in [2.24, 2.45) is 5.41 Å². The van der Waals surface area contributed by atoms with Crippen molar-refractivity contribution in [1.82, 2.24) is 9.88 Å². The molecule has 1 unspecified atom stereocenters. The summed E-state index contributed by atoms with van der Waals surface area (Å²) in [6.07, 6.45) is 4.99. The number of fused-ring (bicyclic) bond motifs is 1. The van der Waals surface area contributed by atoms with Crippen molar-refractivity contribution >= 4 is 11.9 Å². The topological polar surface area (TPSA) is 59.5 Å². The molecule has 1 aliphatic carbocycles. The van der Waals surface area contributed by atoms with E-state index < -0.39 is 5.41 Å². The number of hydrogen-bond acceptors (Lipinski definition) is 4. The third-order valence-corrected chi connectivity index (χ3v) is 4.74. The molecule has 1 aliphatic heterocycles. The highest BCUT2D eigenvalue weighted by Gasteiger charge is 2.57. The first-order valence-electron chi connectivity index (χ1n) is 7.58. The van der Waals surface area contributed by atoms with Gasteiger partial charge in [0.05, 0.1) is 12.0 Å². The lowest BCUT2D eigenvalue weighted by molar-refractivity contribution is -0.155. The fraction of sp³-hybridized carbons (Fsp3) is 0.562. The molecule has 5 heteroatoms. The summed E-state index contributed by atoms with van der Waals surface area (Å²) in [6.45, 7) is 2.82. The van der Waals surface area contributed by atoms with E-state index in [1.54, 1.807) is 18.3 Å². The van der Waals surface area contributed by atoms with Gasteiger partial charge in [0.15, 0.2) is 0 Å². The molecule has 0 aromatic carbocycles. The van der Waals surface area contributed by atoms with Gasteiger partial charge in [0.1, 0.15) is 5.69 Å². The van der Waals surface area contributed by atoms with E-state index in [0.717, 1.165) is 19.3 Å². The minimum Gasteiger partial charge on any atom is -0.466 e. The van der Waals surface area contributed by atoms with Crippen LogP contribution in [0.4, 0.5) is 0 Å². The molecule has 1 saturated heterocycles. The molecule has 2 atom stereocenters. The van der Waals surface area contributed by atoms with Crippen LogP contribution in [0.2, 0.25) is 0 Å². The zero-order valence-corrected chi connectivity index (χ0v) is 12.2. The fourth-order valence-electron chi connectivity index (χ4n) is 3.77. The molecule has 0 N–H and O–H groups in total. The molecular weight excluding hydrogens is 268 g/mol. The van der Waals surface area contributed by atoms with Gasteiger partial charge in [-0.05, 0) is 38.3 Å². The van der Waals surface area contributed by atoms with Gasteiger partial charge in [0.25, 0.3) is 5.91 Å². The highest BCUT2D eigenvalue weighted by Crippen LogP contribution is 2.49. The first-order chi connectivity index (χ1) is 10.2. The summed E-state index contributed by atoms with van der Waals surface area (Å²) >= 11 is 0. The molecule has 2 heterocycles. The second-order valence-corrected chi connectivity index (χ2v) is 5.75. The standard InChI is InChI=1S/C16H20N2O3/c1-2-21-15(20)16-8-5-7-13(16)18(11-9-16)14(19)12-6-3-4-10-17-12/h3-4,6,10,13H,2,5,7-9,11H2,1H3/t13?,16-/m1/s1. The molecule has 0 spiro atoms. The van der Waals surface area contributed by atoms with E-state index in [1.807, 2.05) is 17.9 Å². The van der Waals surface area contributed by atoms with Crippen LogP contribution in [0.5, 0.6) is 0 Å². The van der Waals surface area contributed by atoms with Crippen LogP contribution < -0.4 is 0 Å². The van der Waals surface area contributed by atoms with E-state index in [2.05, 4.69) is 4.98 Å². The molecule has 21 heavy (non-hydrogen) atoms. The van der Waals surface area contributed by atoms with Gasteiger partial charge in [-0.1, -0.05) is 12.5 Å². The van der Waals surface area contributed by atoms with Gasteiger partial charge in [0, 0.05) is 18.8 Å². The normalized spacial score (nSPS) is 27.5. The van der Waals surface area contributed by atoms with Crippen molar-refractivity contribution in [2.45, 2.75) is 38.6 Å². The molecular formula is C16H20N2O3. The second-order valence-electron chi connectivity index (χ2n) is 5.75. The number of carbonyl (C=O) groups excluding carboxylic acids is 2. The summed E-state index contributed by atoms with van der Waals surface area (Å²) in [4.78, 5) is 31.0. The van der Waals surface area contributed by atoms with Crippen molar-refractivity contribution in [3.05, 3.63) is 30.1 Å². The average molecular weight is 288 g/mol. The predicted molar refractivity (Wildman–Crippen MR) is 76.6 cm³/mol. The third-order valence-electron chi connectivity index (χ3n) is 4.74. The summed E-state index contributed by atoms with van der Waals surface area (Å²) in [5.41, 5.74) is -0.0375. The molecule has 0 bridgehead atoms. The van der Waals surface area contributed by atoms with E-state index >= 15 is 0 Å². The highest BCUT2D eigenvalue weighted by atomic mass is 16.5. The Balaban J connectivity index is 1.84. The number of amides is 1. The van der Waals surface area contributed by atoms with E-state index in [-0.39, 0.29) is 17.9 Å². The summed E-state index contributed by atoms with van der Waals surface area (Å²) in [6, 6.07) is 5.29. The summed E-state index contributed by atoms with van der Waals surface area (Å²) in [5, 5.41) is 0. The number of likely N-dealkylation sites (tertiary alicyclic amines) is 1. The molecule has 3 rings (SSSR count). The molecule has 1 aromatic rings. The monoisotopic (exact) mass is 288 g/mol. The number of esters is 1. The minimum absolute atomic E-state index is 0.0361. The number of nitrogens with zero attached hydrogens (tertiary/aromatic N) is 2. The number of carbonyl (C=O) groups is 2. The van der Waals surface area contributed by atoms with Crippen LogP contribution in [-0.4, -0.2) is 41.0 Å². The van der Waals surface area contributed by atoms with Crippen LogP contribution in [0.15, 0.2) is 24.4 Å².